The van der Waals surface area contributed by atoms with E-state index >= 15 is 0 Å². The Labute approximate surface area is 98.7 Å². The molecule has 17 heavy (non-hydrogen) atoms. The molecule has 1 aromatic rings. The maximum Gasteiger partial charge on any atom is 0.411 e. The van der Waals surface area contributed by atoms with Gasteiger partial charge in [-0.15, -0.1) is 0 Å². The average molecular weight is 235 g/mol. The minimum Gasteiger partial charge on any atom is -0.478 e. The lowest BCUT2D eigenvalue weighted by atomic mass is 10.2. The van der Waals surface area contributed by atoms with Crippen molar-refractivity contribution in [1.82, 2.24) is 0 Å². The molecule has 0 heterocycles. The number of carbonyl (C=O) groups is 2. The molecule has 0 saturated carbocycles. The highest BCUT2D eigenvalue weighted by molar-refractivity contribution is 5.87. The van der Waals surface area contributed by atoms with Crippen molar-refractivity contribution >= 4 is 23.8 Å². The zero-order valence-corrected chi connectivity index (χ0v) is 9.34. The lowest BCUT2D eigenvalue weighted by molar-refractivity contribution is -0.131. The van der Waals surface area contributed by atoms with E-state index in [1.54, 1.807) is 31.2 Å². The van der Waals surface area contributed by atoms with Gasteiger partial charge in [0.25, 0.3) is 0 Å². The number of benzene rings is 1. The van der Waals surface area contributed by atoms with Gasteiger partial charge in [-0.25, -0.2) is 9.59 Å². The van der Waals surface area contributed by atoms with Crippen LogP contribution in [0.4, 0.5) is 10.5 Å². The predicted molar refractivity (Wildman–Crippen MR) is 63.8 cm³/mol. The van der Waals surface area contributed by atoms with Gasteiger partial charge in [-0.1, -0.05) is 12.1 Å². The number of rotatable bonds is 4. The number of carboxylic acid groups (broad SMARTS) is 1. The fourth-order valence-corrected chi connectivity index (χ4v) is 1.17. The number of hydrogen-bond acceptors (Lipinski definition) is 3. The zero-order chi connectivity index (χ0) is 12.7. The second kappa shape index (κ2) is 6.32. The molecule has 5 nitrogen and oxygen atoms in total. The first-order valence-electron chi connectivity index (χ1n) is 5.06. The van der Waals surface area contributed by atoms with Gasteiger partial charge in [0.2, 0.25) is 0 Å². The summed E-state index contributed by atoms with van der Waals surface area (Å²) in [5, 5.41) is 11.0. The van der Waals surface area contributed by atoms with Crippen molar-refractivity contribution in [2.24, 2.45) is 0 Å². The number of anilines is 1. The second-order valence-electron chi connectivity index (χ2n) is 3.14. The molecule has 0 unspecified atom stereocenters. The van der Waals surface area contributed by atoms with Crippen LogP contribution >= 0.6 is 0 Å². The molecule has 0 aliphatic carbocycles. The minimum absolute atomic E-state index is 0.296. The summed E-state index contributed by atoms with van der Waals surface area (Å²) < 4.78 is 4.72. The van der Waals surface area contributed by atoms with Crippen LogP contribution in [-0.4, -0.2) is 23.8 Å². The molecular weight excluding hydrogens is 222 g/mol. The summed E-state index contributed by atoms with van der Waals surface area (Å²) in [5.74, 6) is -1.02. The first-order valence-corrected chi connectivity index (χ1v) is 5.06. The minimum atomic E-state index is -1.02. The Balaban J connectivity index is 2.72. The first-order chi connectivity index (χ1) is 8.11. The van der Waals surface area contributed by atoms with E-state index in [0.717, 1.165) is 6.08 Å². The van der Waals surface area contributed by atoms with E-state index in [4.69, 9.17) is 9.84 Å². The first kappa shape index (κ1) is 12.8. The van der Waals surface area contributed by atoms with Crippen LogP contribution in [0, 0.1) is 0 Å². The molecule has 2 N–H and O–H groups in total. The number of aliphatic carboxylic acids is 1. The molecule has 1 aromatic carbocycles. The molecule has 1 rings (SSSR count). The molecule has 0 saturated heterocycles. The van der Waals surface area contributed by atoms with Gasteiger partial charge in [0.15, 0.2) is 0 Å². The molecule has 0 bridgehead atoms. The predicted octanol–water partition coefficient (Wildman–Crippen LogP) is 2.35. The third-order valence-corrected chi connectivity index (χ3v) is 1.83. The number of amides is 1. The Kier molecular flexibility index (Phi) is 4.75. The van der Waals surface area contributed by atoms with Gasteiger partial charge in [-0.2, -0.15) is 0 Å². The van der Waals surface area contributed by atoms with E-state index < -0.39 is 12.1 Å². The van der Waals surface area contributed by atoms with Crippen molar-refractivity contribution in [3.63, 3.8) is 0 Å². The number of carbonyl (C=O) groups excluding carboxylic acids is 1. The number of hydrogen-bond donors (Lipinski definition) is 2. The molecule has 0 aliphatic heterocycles. The van der Waals surface area contributed by atoms with Crippen molar-refractivity contribution in [2.75, 3.05) is 11.9 Å². The molecule has 0 atom stereocenters. The number of nitrogens with one attached hydrogen (secondary N) is 1. The van der Waals surface area contributed by atoms with Gasteiger partial charge in [0, 0.05) is 11.8 Å². The van der Waals surface area contributed by atoms with Gasteiger partial charge in [-0.3, -0.25) is 5.32 Å². The lowest BCUT2D eigenvalue weighted by Gasteiger charge is -2.05. The number of carboxylic acids is 1. The fraction of sp³-hybridized carbons (Fsp3) is 0.167. The molecule has 0 aromatic heterocycles. The van der Waals surface area contributed by atoms with Crippen molar-refractivity contribution < 1.29 is 19.4 Å². The highest BCUT2D eigenvalue weighted by Crippen LogP contribution is 2.12. The second-order valence-corrected chi connectivity index (χ2v) is 3.14. The summed E-state index contributed by atoms with van der Waals surface area (Å²) in [5.41, 5.74) is 1.23. The van der Waals surface area contributed by atoms with E-state index in [-0.39, 0.29) is 0 Å². The molecule has 5 heteroatoms. The molecule has 0 spiro atoms. The van der Waals surface area contributed by atoms with E-state index in [0.29, 0.717) is 17.9 Å². The van der Waals surface area contributed by atoms with E-state index in [1.165, 1.54) is 6.08 Å². The summed E-state index contributed by atoms with van der Waals surface area (Å²) in [4.78, 5) is 21.5. The van der Waals surface area contributed by atoms with Crippen molar-refractivity contribution in [2.45, 2.75) is 6.92 Å². The molecule has 0 radical (unpaired) electrons. The Hall–Kier alpha value is -2.30. The van der Waals surface area contributed by atoms with Crippen molar-refractivity contribution in [1.29, 1.82) is 0 Å². The van der Waals surface area contributed by atoms with Gasteiger partial charge in [0.1, 0.15) is 0 Å². The number of ether oxygens (including phenoxy) is 1. The monoisotopic (exact) mass is 235 g/mol. The summed E-state index contributed by atoms with van der Waals surface area (Å²) in [6, 6.07) is 6.78. The van der Waals surface area contributed by atoms with Crippen LogP contribution in [0.25, 0.3) is 6.08 Å². The van der Waals surface area contributed by atoms with Crippen molar-refractivity contribution in [3.8, 4) is 0 Å². The Morgan fingerprint density at radius 2 is 2.24 bits per heavy atom. The molecule has 1 amide bonds. The summed E-state index contributed by atoms with van der Waals surface area (Å²) in [6.45, 7) is 2.01. The largest absolute Gasteiger partial charge is 0.478 e. The smallest absolute Gasteiger partial charge is 0.411 e. The van der Waals surface area contributed by atoms with Crippen LogP contribution < -0.4 is 5.32 Å². The van der Waals surface area contributed by atoms with Crippen LogP contribution in [0.5, 0.6) is 0 Å². The third-order valence-electron chi connectivity index (χ3n) is 1.83. The summed E-state index contributed by atoms with van der Waals surface area (Å²) in [6.07, 6.45) is 1.94. The summed E-state index contributed by atoms with van der Waals surface area (Å²) in [7, 11) is 0. The quantitative estimate of drug-likeness (QED) is 0.785. The average Bonchev–Trinajstić information content (AvgIpc) is 2.27. The molecule has 0 fully saturated rings. The van der Waals surface area contributed by atoms with Crippen LogP contribution in [0.1, 0.15) is 12.5 Å². The maximum atomic E-state index is 11.1. The Morgan fingerprint density at radius 1 is 1.47 bits per heavy atom. The normalized spacial score (nSPS) is 10.2. The van der Waals surface area contributed by atoms with Crippen molar-refractivity contribution in [3.05, 3.63) is 35.9 Å². The topological polar surface area (TPSA) is 75.6 Å². The summed E-state index contributed by atoms with van der Waals surface area (Å²) >= 11 is 0. The van der Waals surface area contributed by atoms with E-state index in [1.807, 2.05) is 0 Å². The van der Waals surface area contributed by atoms with Gasteiger partial charge in [0.05, 0.1) is 6.61 Å². The van der Waals surface area contributed by atoms with E-state index in [9.17, 15) is 9.59 Å². The highest BCUT2D eigenvalue weighted by Gasteiger charge is 2.01. The van der Waals surface area contributed by atoms with Crippen LogP contribution in [-0.2, 0) is 9.53 Å². The Bertz CT molecular complexity index is 440. The maximum absolute atomic E-state index is 11.1. The van der Waals surface area contributed by atoms with Crippen LogP contribution in [0.15, 0.2) is 30.3 Å². The Morgan fingerprint density at radius 3 is 2.88 bits per heavy atom. The van der Waals surface area contributed by atoms with Gasteiger partial charge in [-0.05, 0) is 30.7 Å². The molecule has 0 aliphatic rings. The van der Waals surface area contributed by atoms with Crippen LogP contribution in [0.3, 0.4) is 0 Å². The van der Waals surface area contributed by atoms with E-state index in [2.05, 4.69) is 5.32 Å². The highest BCUT2D eigenvalue weighted by atomic mass is 16.5. The van der Waals surface area contributed by atoms with Crippen LogP contribution in [0.2, 0.25) is 0 Å². The molecular formula is C12H13NO4. The zero-order valence-electron chi connectivity index (χ0n) is 9.34. The third kappa shape index (κ3) is 4.83. The standard InChI is InChI=1S/C12H13NO4/c1-2-17-12(16)13-10-5-3-4-9(8-10)6-7-11(14)15/h3-8H,2H2,1H3,(H,13,16)(H,14,15)/b7-6+. The lowest BCUT2D eigenvalue weighted by Crippen LogP contribution is -2.13. The fourth-order valence-electron chi connectivity index (χ4n) is 1.17. The van der Waals surface area contributed by atoms with Gasteiger partial charge < -0.3 is 9.84 Å². The SMILES string of the molecule is CCOC(=O)Nc1cccc(/C=C/C(=O)O)c1. The van der Waals surface area contributed by atoms with Gasteiger partial charge >= 0.3 is 12.1 Å². The molecule has 90 valence electrons.